The third-order valence-corrected chi connectivity index (χ3v) is 2.88. The minimum absolute atomic E-state index is 0.428. The zero-order valence-corrected chi connectivity index (χ0v) is 11.8. The number of guanidine groups is 1. The number of aliphatic imine (C=N–C) groups is 1. The van der Waals surface area contributed by atoms with Crippen LogP contribution in [0, 0.1) is 0 Å². The molecule has 0 aliphatic carbocycles. The van der Waals surface area contributed by atoms with Crippen LogP contribution in [-0.2, 0) is 13.0 Å². The van der Waals surface area contributed by atoms with Crippen molar-refractivity contribution in [1.82, 2.24) is 25.4 Å². The Morgan fingerprint density at radius 2 is 2.28 bits per heavy atom. The maximum Gasteiger partial charge on any atom is 0.191 e. The molecule has 0 fully saturated rings. The van der Waals surface area contributed by atoms with E-state index in [4.69, 9.17) is 0 Å². The molecule has 18 heavy (non-hydrogen) atoms. The highest BCUT2D eigenvalue weighted by Crippen LogP contribution is 1.94. The van der Waals surface area contributed by atoms with Gasteiger partial charge >= 0.3 is 0 Å². The predicted molar refractivity (Wildman–Crippen MR) is 73.7 cm³/mol. The van der Waals surface area contributed by atoms with E-state index < -0.39 is 0 Å². The van der Waals surface area contributed by atoms with E-state index in [9.17, 15) is 0 Å². The zero-order valence-electron chi connectivity index (χ0n) is 11.8. The second-order valence-corrected chi connectivity index (χ2v) is 4.25. The van der Waals surface area contributed by atoms with Gasteiger partial charge in [-0.3, -0.25) is 4.99 Å². The average Bonchev–Trinajstić information content (AvgIpc) is 2.84. The highest BCUT2D eigenvalue weighted by atomic mass is 15.3. The molecule has 0 aromatic carbocycles. The summed E-state index contributed by atoms with van der Waals surface area (Å²) in [7, 11) is 1.79. The fourth-order valence-electron chi connectivity index (χ4n) is 1.56. The normalized spacial score (nSPS) is 13.4. The van der Waals surface area contributed by atoms with Crippen LogP contribution in [0.15, 0.2) is 11.3 Å². The molecule has 102 valence electrons. The summed E-state index contributed by atoms with van der Waals surface area (Å²) in [6.45, 7) is 8.02. The molecule has 6 nitrogen and oxygen atoms in total. The first kappa shape index (κ1) is 14.5. The van der Waals surface area contributed by atoms with E-state index in [0.717, 1.165) is 37.7 Å². The van der Waals surface area contributed by atoms with Crippen molar-refractivity contribution in [3.63, 3.8) is 0 Å². The Morgan fingerprint density at radius 3 is 2.89 bits per heavy atom. The van der Waals surface area contributed by atoms with E-state index in [0.29, 0.717) is 6.04 Å². The van der Waals surface area contributed by atoms with Gasteiger partial charge in [-0.2, -0.15) is 0 Å². The Balaban J connectivity index is 2.36. The molecule has 0 saturated carbocycles. The predicted octanol–water partition coefficient (Wildman–Crippen LogP) is 0.804. The van der Waals surface area contributed by atoms with E-state index in [1.165, 1.54) is 0 Å². The molecule has 0 aliphatic heterocycles. The van der Waals surface area contributed by atoms with Crippen LogP contribution < -0.4 is 10.6 Å². The number of hydrogen-bond donors (Lipinski definition) is 2. The van der Waals surface area contributed by atoms with Crippen molar-refractivity contribution in [2.75, 3.05) is 13.6 Å². The lowest BCUT2D eigenvalue weighted by atomic mass is 10.3. The van der Waals surface area contributed by atoms with Gasteiger partial charge in [0.25, 0.3) is 0 Å². The van der Waals surface area contributed by atoms with Gasteiger partial charge in [-0.15, -0.1) is 10.2 Å². The highest BCUT2D eigenvalue weighted by molar-refractivity contribution is 5.79. The molecule has 6 heteroatoms. The number of nitrogens with zero attached hydrogens (tertiary/aromatic N) is 4. The first-order valence-electron chi connectivity index (χ1n) is 6.55. The summed E-state index contributed by atoms with van der Waals surface area (Å²) < 4.78 is 2.06. The van der Waals surface area contributed by atoms with Gasteiger partial charge in [-0.25, -0.2) is 0 Å². The second-order valence-electron chi connectivity index (χ2n) is 4.25. The number of nitrogens with one attached hydrogen (secondary N) is 2. The molecule has 1 unspecified atom stereocenters. The largest absolute Gasteiger partial charge is 0.355 e. The molecule has 1 aromatic rings. The van der Waals surface area contributed by atoms with E-state index in [1.54, 1.807) is 13.4 Å². The number of rotatable bonds is 6. The molecule has 0 bridgehead atoms. The maximum atomic E-state index is 4.19. The van der Waals surface area contributed by atoms with Gasteiger partial charge < -0.3 is 15.2 Å². The molecule has 0 aliphatic rings. The van der Waals surface area contributed by atoms with Crippen LogP contribution in [0.2, 0.25) is 0 Å². The molecular formula is C12H24N6. The van der Waals surface area contributed by atoms with E-state index >= 15 is 0 Å². The molecule has 1 heterocycles. The van der Waals surface area contributed by atoms with Crippen molar-refractivity contribution >= 4 is 5.96 Å². The van der Waals surface area contributed by atoms with Gasteiger partial charge in [0, 0.05) is 32.6 Å². The molecule has 1 atom stereocenters. The Morgan fingerprint density at radius 1 is 1.50 bits per heavy atom. The van der Waals surface area contributed by atoms with Crippen LogP contribution in [0.5, 0.6) is 0 Å². The Bertz CT molecular complexity index is 370. The fraction of sp³-hybridized carbons (Fsp3) is 0.750. The minimum atomic E-state index is 0.428. The van der Waals surface area contributed by atoms with Crippen molar-refractivity contribution in [3.8, 4) is 0 Å². The van der Waals surface area contributed by atoms with Crippen molar-refractivity contribution in [2.24, 2.45) is 4.99 Å². The van der Waals surface area contributed by atoms with Crippen molar-refractivity contribution in [2.45, 2.75) is 46.2 Å². The second kappa shape index (κ2) is 7.68. The fourth-order valence-corrected chi connectivity index (χ4v) is 1.56. The lowest BCUT2D eigenvalue weighted by molar-refractivity contribution is 0.601. The van der Waals surface area contributed by atoms with Gasteiger partial charge in [0.15, 0.2) is 5.96 Å². The Hall–Kier alpha value is -1.59. The Labute approximate surface area is 109 Å². The average molecular weight is 252 g/mol. The van der Waals surface area contributed by atoms with Crippen molar-refractivity contribution in [1.29, 1.82) is 0 Å². The smallest absolute Gasteiger partial charge is 0.191 e. The third kappa shape index (κ3) is 4.35. The Kier molecular flexibility index (Phi) is 6.18. The summed E-state index contributed by atoms with van der Waals surface area (Å²) in [5, 5.41) is 14.6. The van der Waals surface area contributed by atoms with Crippen LogP contribution in [0.1, 0.15) is 33.0 Å². The van der Waals surface area contributed by atoms with Gasteiger partial charge in [-0.05, 0) is 13.3 Å². The molecule has 0 amide bonds. The molecule has 1 aromatic heterocycles. The van der Waals surface area contributed by atoms with Crippen molar-refractivity contribution < 1.29 is 0 Å². The van der Waals surface area contributed by atoms with E-state index in [2.05, 4.69) is 51.2 Å². The summed E-state index contributed by atoms with van der Waals surface area (Å²) >= 11 is 0. The van der Waals surface area contributed by atoms with Crippen LogP contribution >= 0.6 is 0 Å². The lowest BCUT2D eigenvalue weighted by Gasteiger charge is -2.16. The molecule has 0 spiro atoms. The summed E-state index contributed by atoms with van der Waals surface area (Å²) in [6, 6.07) is 0.428. The minimum Gasteiger partial charge on any atom is -0.355 e. The highest BCUT2D eigenvalue weighted by Gasteiger charge is 2.04. The standard InChI is InChI=1S/C12H24N6/c1-5-10(3)16-12(13-4)14-7-8-18-9-15-17-11(18)6-2/h9-10H,5-8H2,1-4H3,(H2,13,14,16). The maximum absolute atomic E-state index is 4.19. The first-order valence-corrected chi connectivity index (χ1v) is 6.55. The van der Waals surface area contributed by atoms with Gasteiger partial charge in [-0.1, -0.05) is 13.8 Å². The number of aromatic nitrogens is 3. The van der Waals surface area contributed by atoms with Crippen LogP contribution in [0.25, 0.3) is 0 Å². The molecule has 2 N–H and O–H groups in total. The zero-order chi connectivity index (χ0) is 13.4. The first-order chi connectivity index (χ1) is 8.71. The molecule has 1 rings (SSSR count). The third-order valence-electron chi connectivity index (χ3n) is 2.88. The summed E-state index contributed by atoms with van der Waals surface area (Å²) in [5.74, 6) is 1.86. The van der Waals surface area contributed by atoms with Gasteiger partial charge in [0.2, 0.25) is 0 Å². The van der Waals surface area contributed by atoms with E-state index in [1.807, 2.05) is 0 Å². The lowest BCUT2D eigenvalue weighted by Crippen LogP contribution is -2.43. The van der Waals surface area contributed by atoms with E-state index in [-0.39, 0.29) is 0 Å². The topological polar surface area (TPSA) is 67.1 Å². The van der Waals surface area contributed by atoms with Crippen LogP contribution in [0.3, 0.4) is 0 Å². The van der Waals surface area contributed by atoms with Crippen LogP contribution in [0.4, 0.5) is 0 Å². The molecular weight excluding hydrogens is 228 g/mol. The summed E-state index contributed by atoms with van der Waals surface area (Å²) in [5.41, 5.74) is 0. The van der Waals surface area contributed by atoms with Gasteiger partial charge in [0.1, 0.15) is 12.2 Å². The summed E-state index contributed by atoms with van der Waals surface area (Å²) in [6.07, 6.45) is 3.75. The van der Waals surface area contributed by atoms with Crippen LogP contribution in [-0.4, -0.2) is 40.4 Å². The molecule has 0 saturated heterocycles. The summed E-state index contributed by atoms with van der Waals surface area (Å²) in [4.78, 5) is 4.19. The van der Waals surface area contributed by atoms with Gasteiger partial charge in [0.05, 0.1) is 0 Å². The molecule has 0 radical (unpaired) electrons. The number of aryl methyl sites for hydroxylation is 1. The SMILES string of the molecule is CCc1nncn1CCNC(=NC)NC(C)CC. The number of hydrogen-bond acceptors (Lipinski definition) is 3. The monoisotopic (exact) mass is 252 g/mol. The quantitative estimate of drug-likeness (QED) is 0.580. The van der Waals surface area contributed by atoms with Crippen molar-refractivity contribution in [3.05, 3.63) is 12.2 Å².